The maximum Gasteiger partial charge on any atom is 0.253 e. The summed E-state index contributed by atoms with van der Waals surface area (Å²) < 4.78 is 5.88. The molecule has 39 heavy (non-hydrogen) atoms. The minimum Gasteiger partial charge on any atom is -0.469 e. The molecule has 3 aromatic carbocycles. The monoisotopic (exact) mass is 538 g/mol. The topological polar surface area (TPSA) is 53.8 Å². The van der Waals surface area contributed by atoms with Crippen LogP contribution in [0.5, 0.6) is 0 Å². The fraction of sp³-hybridized carbons (Fsp3) is 0.273. The Bertz CT molecular complexity index is 1530. The zero-order valence-corrected chi connectivity index (χ0v) is 23.1. The lowest BCUT2D eigenvalue weighted by molar-refractivity contribution is -0.129. The molecule has 4 aromatic rings. The molecule has 1 saturated heterocycles. The molecule has 0 N–H and O–H groups in total. The summed E-state index contributed by atoms with van der Waals surface area (Å²) in [7, 11) is 1.95. The Labute approximate surface area is 234 Å². The van der Waals surface area contributed by atoms with Gasteiger partial charge in [0.25, 0.3) is 5.91 Å². The number of hydrogen-bond acceptors (Lipinski definition) is 4. The SMILES string of the molecule is CC(C)c1ccc(C(=O)[C@@H]2[C@@H](c3ccco3)CN(C)[C@@]23C(=O)N(Cc2cccc(Cl)c2)c2ccccc23)cc1. The molecular formula is C33H31ClN2O3. The molecule has 1 amide bonds. The zero-order valence-electron chi connectivity index (χ0n) is 22.3. The van der Waals surface area contributed by atoms with Crippen molar-refractivity contribution in [3.05, 3.63) is 124 Å². The maximum absolute atomic E-state index is 14.8. The smallest absolute Gasteiger partial charge is 0.253 e. The van der Waals surface area contributed by atoms with Crippen LogP contribution in [0.15, 0.2) is 95.6 Å². The Morgan fingerprint density at radius 2 is 1.79 bits per heavy atom. The van der Waals surface area contributed by atoms with Gasteiger partial charge in [0, 0.05) is 34.3 Å². The second kappa shape index (κ2) is 9.82. The van der Waals surface area contributed by atoms with Crippen molar-refractivity contribution in [1.82, 2.24) is 4.90 Å². The van der Waals surface area contributed by atoms with Crippen molar-refractivity contribution in [3.63, 3.8) is 0 Å². The van der Waals surface area contributed by atoms with E-state index in [1.165, 1.54) is 5.56 Å². The van der Waals surface area contributed by atoms with E-state index in [9.17, 15) is 9.59 Å². The largest absolute Gasteiger partial charge is 0.469 e. The van der Waals surface area contributed by atoms with Gasteiger partial charge in [-0.15, -0.1) is 0 Å². The Morgan fingerprint density at radius 1 is 1.03 bits per heavy atom. The summed E-state index contributed by atoms with van der Waals surface area (Å²) in [6.45, 7) is 5.14. The molecule has 3 atom stereocenters. The standard InChI is InChI=1S/C33H31ClN2O3/c1-21(2)23-13-15-24(16-14-23)31(37)30-26(29-12-7-17-39-29)20-35(3)33(30)27-10-4-5-11-28(27)36(32(33)38)19-22-8-6-9-25(34)18-22/h4-18,21,26,30H,19-20H2,1-3H3/t26-,30+,33-/m1/s1. The molecule has 6 heteroatoms. The summed E-state index contributed by atoms with van der Waals surface area (Å²) in [5, 5.41) is 0.621. The molecular weight excluding hydrogens is 508 g/mol. The van der Waals surface area contributed by atoms with Gasteiger partial charge in [-0.2, -0.15) is 0 Å². The van der Waals surface area contributed by atoms with Crippen LogP contribution in [-0.4, -0.2) is 30.2 Å². The van der Waals surface area contributed by atoms with Crippen molar-refractivity contribution < 1.29 is 14.0 Å². The number of Topliss-reactive ketones (excluding diaryl/α,β-unsaturated/α-hetero) is 1. The summed E-state index contributed by atoms with van der Waals surface area (Å²) in [6, 6.07) is 27.0. The minimum atomic E-state index is -1.17. The molecule has 1 fully saturated rings. The van der Waals surface area contributed by atoms with Gasteiger partial charge >= 0.3 is 0 Å². The third-order valence-corrected chi connectivity index (χ3v) is 8.62. The van der Waals surface area contributed by atoms with Gasteiger partial charge in [0.1, 0.15) is 11.3 Å². The number of halogens is 1. The highest BCUT2D eigenvalue weighted by Gasteiger charge is 2.66. The summed E-state index contributed by atoms with van der Waals surface area (Å²) in [5.41, 5.74) is 3.21. The predicted molar refractivity (Wildman–Crippen MR) is 153 cm³/mol. The fourth-order valence-electron chi connectivity index (χ4n) is 6.52. The number of nitrogens with zero attached hydrogens (tertiary/aromatic N) is 2. The van der Waals surface area contributed by atoms with E-state index < -0.39 is 11.5 Å². The molecule has 1 spiro atoms. The molecule has 2 aliphatic heterocycles. The quantitative estimate of drug-likeness (QED) is 0.247. The summed E-state index contributed by atoms with van der Waals surface area (Å²) in [6.07, 6.45) is 1.63. The Hall–Kier alpha value is -3.67. The molecule has 198 valence electrons. The molecule has 3 heterocycles. The van der Waals surface area contributed by atoms with Crippen LogP contribution in [0.2, 0.25) is 5.02 Å². The van der Waals surface area contributed by atoms with E-state index in [4.69, 9.17) is 16.0 Å². The highest BCUT2D eigenvalue weighted by molar-refractivity contribution is 6.30. The number of carbonyl (C=O) groups is 2. The number of rotatable bonds is 6. The fourth-order valence-corrected chi connectivity index (χ4v) is 6.73. The highest BCUT2D eigenvalue weighted by Crippen LogP contribution is 2.57. The van der Waals surface area contributed by atoms with Crippen molar-refractivity contribution in [1.29, 1.82) is 0 Å². The molecule has 1 aromatic heterocycles. The average Bonchev–Trinajstić information content (AvgIpc) is 3.63. The molecule has 0 saturated carbocycles. The van der Waals surface area contributed by atoms with Gasteiger partial charge in [-0.25, -0.2) is 0 Å². The lowest BCUT2D eigenvalue weighted by Crippen LogP contribution is -2.53. The summed E-state index contributed by atoms with van der Waals surface area (Å²) >= 11 is 6.28. The summed E-state index contributed by atoms with van der Waals surface area (Å²) in [4.78, 5) is 33.2. The molecule has 0 unspecified atom stereocenters. The first-order chi connectivity index (χ1) is 18.8. The predicted octanol–water partition coefficient (Wildman–Crippen LogP) is 7.03. The molecule has 5 nitrogen and oxygen atoms in total. The molecule has 0 radical (unpaired) electrons. The van der Waals surface area contributed by atoms with Gasteiger partial charge in [0.15, 0.2) is 5.78 Å². The van der Waals surface area contributed by atoms with Crippen LogP contribution in [0, 0.1) is 5.92 Å². The number of fused-ring (bicyclic) bond motifs is 2. The van der Waals surface area contributed by atoms with Crippen LogP contribution >= 0.6 is 11.6 Å². The van der Waals surface area contributed by atoms with E-state index in [-0.39, 0.29) is 17.6 Å². The van der Waals surface area contributed by atoms with Crippen molar-refractivity contribution in [2.75, 3.05) is 18.5 Å². The lowest BCUT2D eigenvalue weighted by atomic mass is 9.71. The Balaban J connectivity index is 1.51. The number of carbonyl (C=O) groups excluding carboxylic acids is 2. The Morgan fingerprint density at radius 3 is 2.49 bits per heavy atom. The zero-order chi connectivity index (χ0) is 27.3. The van der Waals surface area contributed by atoms with Crippen LogP contribution in [-0.2, 0) is 16.9 Å². The lowest BCUT2D eigenvalue weighted by Gasteiger charge is -2.36. The highest BCUT2D eigenvalue weighted by atomic mass is 35.5. The van der Waals surface area contributed by atoms with E-state index >= 15 is 0 Å². The van der Waals surface area contributed by atoms with E-state index in [1.54, 1.807) is 6.26 Å². The van der Waals surface area contributed by atoms with Crippen molar-refractivity contribution in [2.24, 2.45) is 5.92 Å². The number of ketones is 1. The average molecular weight is 539 g/mol. The number of furan rings is 1. The minimum absolute atomic E-state index is 0.0520. The van der Waals surface area contributed by atoms with Gasteiger partial charge < -0.3 is 9.32 Å². The van der Waals surface area contributed by atoms with E-state index in [2.05, 4.69) is 18.7 Å². The van der Waals surface area contributed by atoms with Gasteiger partial charge in [0.2, 0.25) is 0 Å². The van der Waals surface area contributed by atoms with Crippen LogP contribution in [0.1, 0.15) is 58.5 Å². The first kappa shape index (κ1) is 25.6. The maximum atomic E-state index is 14.8. The number of likely N-dealkylation sites (tertiary alicyclic amines) is 1. The Kier molecular flexibility index (Phi) is 6.44. The van der Waals surface area contributed by atoms with Crippen LogP contribution in [0.3, 0.4) is 0 Å². The van der Waals surface area contributed by atoms with Crippen LogP contribution < -0.4 is 4.90 Å². The number of para-hydroxylation sites is 1. The molecule has 2 aliphatic rings. The van der Waals surface area contributed by atoms with Crippen molar-refractivity contribution in [2.45, 2.75) is 37.8 Å². The van der Waals surface area contributed by atoms with Crippen molar-refractivity contribution in [3.8, 4) is 0 Å². The second-order valence-electron chi connectivity index (χ2n) is 10.9. The van der Waals surface area contributed by atoms with Gasteiger partial charge in [-0.05, 0) is 54.4 Å². The van der Waals surface area contributed by atoms with Gasteiger partial charge in [0.05, 0.1) is 18.7 Å². The molecule has 0 bridgehead atoms. The van der Waals surface area contributed by atoms with E-state index in [0.29, 0.717) is 29.6 Å². The normalized spacial score (nSPS) is 22.7. The molecule has 6 rings (SSSR count). The molecule has 0 aliphatic carbocycles. The van der Waals surface area contributed by atoms with Crippen LogP contribution in [0.25, 0.3) is 0 Å². The van der Waals surface area contributed by atoms with Crippen LogP contribution in [0.4, 0.5) is 5.69 Å². The van der Waals surface area contributed by atoms with Crippen molar-refractivity contribution >= 4 is 29.0 Å². The third-order valence-electron chi connectivity index (χ3n) is 8.38. The first-order valence-electron chi connectivity index (χ1n) is 13.4. The third kappa shape index (κ3) is 4.03. The number of amides is 1. The number of benzene rings is 3. The summed E-state index contributed by atoms with van der Waals surface area (Å²) in [5.74, 6) is -0.0325. The van der Waals surface area contributed by atoms with E-state index in [1.807, 2.05) is 96.9 Å². The first-order valence-corrected chi connectivity index (χ1v) is 13.7. The van der Waals surface area contributed by atoms with Gasteiger partial charge in [-0.3, -0.25) is 14.5 Å². The number of likely N-dealkylation sites (N-methyl/N-ethyl adjacent to an activating group) is 1. The van der Waals surface area contributed by atoms with Gasteiger partial charge in [-0.1, -0.05) is 80.0 Å². The number of anilines is 1. The number of hydrogen-bond donors (Lipinski definition) is 0. The second-order valence-corrected chi connectivity index (χ2v) is 11.4. The van der Waals surface area contributed by atoms with E-state index in [0.717, 1.165) is 22.6 Å².